The Hall–Kier alpha value is -1.69. The Balaban J connectivity index is 1.74. The zero-order chi connectivity index (χ0) is 16.4. The summed E-state index contributed by atoms with van der Waals surface area (Å²) in [5.74, 6) is 1.12. The van der Waals surface area contributed by atoms with Crippen molar-refractivity contribution >= 4 is 22.9 Å². The topological polar surface area (TPSA) is 29.3 Å². The molecule has 0 saturated carbocycles. The largest absolute Gasteiger partial charge is 0.440 e. The molecule has 0 bridgehead atoms. The van der Waals surface area contributed by atoms with Crippen LogP contribution in [0, 0.1) is 12.7 Å². The Morgan fingerprint density at radius 2 is 2.09 bits per heavy atom. The molecular formula is C17H16ClFN2OS. The first-order chi connectivity index (χ1) is 11.0. The van der Waals surface area contributed by atoms with E-state index in [1.807, 2.05) is 36.4 Å². The van der Waals surface area contributed by atoms with Gasteiger partial charge in [0.05, 0.1) is 10.6 Å². The summed E-state index contributed by atoms with van der Waals surface area (Å²) in [6.07, 6.45) is 0. The molecule has 0 aliphatic rings. The smallest absolute Gasteiger partial charge is 0.236 e. The standard InChI is InChI=1S/C17H16ClFN2OS/c1-11-15(20-17(22-11)16-7-4-8-23-16)10-21(2)9-12-13(18)5-3-6-14(12)19/h3-8H,9-10H2,1-2H3. The van der Waals surface area contributed by atoms with E-state index in [0.717, 1.165) is 16.3 Å². The normalized spacial score (nSPS) is 11.3. The first-order valence-corrected chi connectivity index (χ1v) is 8.42. The lowest BCUT2D eigenvalue weighted by atomic mass is 10.2. The molecule has 0 N–H and O–H groups in total. The van der Waals surface area contributed by atoms with Gasteiger partial charge in [-0.3, -0.25) is 4.90 Å². The number of benzene rings is 1. The highest BCUT2D eigenvalue weighted by Gasteiger charge is 2.15. The summed E-state index contributed by atoms with van der Waals surface area (Å²) in [6.45, 7) is 2.86. The van der Waals surface area contributed by atoms with Gasteiger partial charge < -0.3 is 4.42 Å². The average Bonchev–Trinajstić information content (AvgIpc) is 3.14. The number of rotatable bonds is 5. The fraction of sp³-hybridized carbons (Fsp3) is 0.235. The SMILES string of the molecule is Cc1oc(-c2cccs2)nc1CN(C)Cc1c(F)cccc1Cl. The number of thiophene rings is 1. The third-order valence-corrected chi connectivity index (χ3v) is 4.75. The van der Waals surface area contributed by atoms with Gasteiger partial charge in [-0.1, -0.05) is 23.7 Å². The van der Waals surface area contributed by atoms with Crippen LogP contribution in [-0.2, 0) is 13.1 Å². The van der Waals surface area contributed by atoms with Gasteiger partial charge >= 0.3 is 0 Å². The molecule has 1 aromatic carbocycles. The summed E-state index contributed by atoms with van der Waals surface area (Å²) in [7, 11) is 1.90. The number of aryl methyl sites for hydroxylation is 1. The number of aromatic nitrogens is 1. The Morgan fingerprint density at radius 1 is 1.26 bits per heavy atom. The van der Waals surface area contributed by atoms with Crippen LogP contribution >= 0.6 is 22.9 Å². The van der Waals surface area contributed by atoms with E-state index in [9.17, 15) is 4.39 Å². The van der Waals surface area contributed by atoms with Gasteiger partial charge in [-0.2, -0.15) is 0 Å². The van der Waals surface area contributed by atoms with Crippen LogP contribution < -0.4 is 0 Å². The molecule has 0 unspecified atom stereocenters. The maximum Gasteiger partial charge on any atom is 0.236 e. The van der Waals surface area contributed by atoms with Crippen molar-refractivity contribution in [3.8, 4) is 10.8 Å². The molecule has 2 heterocycles. The van der Waals surface area contributed by atoms with Crippen LogP contribution in [0.1, 0.15) is 17.0 Å². The zero-order valence-corrected chi connectivity index (χ0v) is 14.4. The van der Waals surface area contributed by atoms with Crippen LogP contribution in [-0.4, -0.2) is 16.9 Å². The maximum absolute atomic E-state index is 13.9. The minimum absolute atomic E-state index is 0.291. The van der Waals surface area contributed by atoms with Crippen LogP contribution in [0.3, 0.4) is 0 Å². The summed E-state index contributed by atoms with van der Waals surface area (Å²) in [6, 6.07) is 8.67. The van der Waals surface area contributed by atoms with Gasteiger partial charge in [-0.15, -0.1) is 11.3 Å². The third-order valence-electron chi connectivity index (χ3n) is 3.53. The molecule has 0 spiro atoms. The second kappa shape index (κ2) is 6.83. The van der Waals surface area contributed by atoms with Crippen LogP contribution in [0.15, 0.2) is 40.1 Å². The molecule has 0 fully saturated rings. The van der Waals surface area contributed by atoms with Crippen molar-refractivity contribution < 1.29 is 8.81 Å². The number of halogens is 2. The molecule has 0 atom stereocenters. The first-order valence-electron chi connectivity index (χ1n) is 7.16. The van der Waals surface area contributed by atoms with Crippen LogP contribution in [0.2, 0.25) is 5.02 Å². The van der Waals surface area contributed by atoms with Gasteiger partial charge in [-0.25, -0.2) is 9.37 Å². The van der Waals surface area contributed by atoms with Crippen molar-refractivity contribution in [1.82, 2.24) is 9.88 Å². The highest BCUT2D eigenvalue weighted by Crippen LogP contribution is 2.27. The van der Waals surface area contributed by atoms with Crippen molar-refractivity contribution in [2.24, 2.45) is 0 Å². The van der Waals surface area contributed by atoms with E-state index >= 15 is 0 Å². The number of nitrogens with zero attached hydrogens (tertiary/aromatic N) is 2. The molecule has 0 radical (unpaired) electrons. The van der Waals surface area contributed by atoms with Gasteiger partial charge in [0.1, 0.15) is 11.6 Å². The molecule has 3 nitrogen and oxygen atoms in total. The zero-order valence-electron chi connectivity index (χ0n) is 12.8. The lowest BCUT2D eigenvalue weighted by Gasteiger charge is -2.16. The van der Waals surface area contributed by atoms with Gasteiger partial charge in [-0.05, 0) is 37.6 Å². The Labute approximate surface area is 143 Å². The van der Waals surface area contributed by atoms with Gasteiger partial charge in [0, 0.05) is 23.7 Å². The van der Waals surface area contributed by atoms with Crippen molar-refractivity contribution in [2.75, 3.05) is 7.05 Å². The Morgan fingerprint density at radius 3 is 2.78 bits per heavy atom. The molecular weight excluding hydrogens is 335 g/mol. The first kappa shape index (κ1) is 16.2. The molecule has 0 saturated heterocycles. The summed E-state index contributed by atoms with van der Waals surface area (Å²) < 4.78 is 19.6. The van der Waals surface area contributed by atoms with Gasteiger partial charge in [0.2, 0.25) is 5.89 Å². The molecule has 0 aliphatic heterocycles. The van der Waals surface area contributed by atoms with Crippen molar-refractivity contribution in [2.45, 2.75) is 20.0 Å². The number of hydrogen-bond donors (Lipinski definition) is 0. The fourth-order valence-electron chi connectivity index (χ4n) is 2.35. The summed E-state index contributed by atoms with van der Waals surface area (Å²) in [5.41, 5.74) is 1.35. The highest BCUT2D eigenvalue weighted by atomic mass is 35.5. The monoisotopic (exact) mass is 350 g/mol. The molecule has 0 amide bonds. The molecule has 2 aromatic heterocycles. The Kier molecular flexibility index (Phi) is 4.80. The molecule has 0 aliphatic carbocycles. The summed E-state index contributed by atoms with van der Waals surface area (Å²) in [5, 5.41) is 2.42. The third kappa shape index (κ3) is 3.63. The van der Waals surface area contributed by atoms with E-state index in [1.165, 1.54) is 6.07 Å². The minimum Gasteiger partial charge on any atom is -0.440 e. The van der Waals surface area contributed by atoms with Crippen molar-refractivity contribution in [1.29, 1.82) is 0 Å². The quantitative estimate of drug-likeness (QED) is 0.638. The van der Waals surface area contributed by atoms with E-state index in [0.29, 0.717) is 29.6 Å². The summed E-state index contributed by atoms with van der Waals surface area (Å²) in [4.78, 5) is 7.52. The molecule has 120 valence electrons. The van der Waals surface area contributed by atoms with E-state index in [2.05, 4.69) is 4.98 Å². The van der Waals surface area contributed by atoms with Crippen molar-refractivity contribution in [3.05, 3.63) is 63.6 Å². The lowest BCUT2D eigenvalue weighted by molar-refractivity contribution is 0.308. The van der Waals surface area contributed by atoms with E-state index in [-0.39, 0.29) is 5.82 Å². The summed E-state index contributed by atoms with van der Waals surface area (Å²) >= 11 is 7.67. The fourth-order valence-corrected chi connectivity index (χ4v) is 3.22. The maximum atomic E-state index is 13.9. The predicted octanol–water partition coefficient (Wildman–Crippen LogP) is 5.14. The van der Waals surface area contributed by atoms with Crippen LogP contribution in [0.25, 0.3) is 10.8 Å². The Bertz CT molecular complexity index is 781. The second-order valence-electron chi connectivity index (χ2n) is 5.37. The molecule has 3 rings (SSSR count). The predicted molar refractivity (Wildman–Crippen MR) is 91.1 cm³/mol. The van der Waals surface area contributed by atoms with E-state index in [1.54, 1.807) is 23.5 Å². The number of hydrogen-bond acceptors (Lipinski definition) is 4. The minimum atomic E-state index is -0.291. The van der Waals surface area contributed by atoms with E-state index in [4.69, 9.17) is 16.0 Å². The second-order valence-corrected chi connectivity index (χ2v) is 6.73. The molecule has 6 heteroatoms. The van der Waals surface area contributed by atoms with Crippen molar-refractivity contribution in [3.63, 3.8) is 0 Å². The van der Waals surface area contributed by atoms with Gasteiger partial charge in [0.25, 0.3) is 0 Å². The number of oxazole rings is 1. The van der Waals surface area contributed by atoms with Crippen LogP contribution in [0.4, 0.5) is 4.39 Å². The van der Waals surface area contributed by atoms with Crippen LogP contribution in [0.5, 0.6) is 0 Å². The molecule has 3 aromatic rings. The lowest BCUT2D eigenvalue weighted by Crippen LogP contribution is -2.19. The average molecular weight is 351 g/mol. The highest BCUT2D eigenvalue weighted by molar-refractivity contribution is 7.13. The van der Waals surface area contributed by atoms with E-state index < -0.39 is 0 Å². The van der Waals surface area contributed by atoms with Gasteiger partial charge in [0.15, 0.2) is 0 Å². The molecule has 23 heavy (non-hydrogen) atoms.